The van der Waals surface area contributed by atoms with E-state index in [9.17, 15) is 4.79 Å². The minimum atomic E-state index is -0.908. The Bertz CT molecular complexity index is 386. The van der Waals surface area contributed by atoms with Crippen LogP contribution in [0.4, 0.5) is 5.69 Å². The zero-order chi connectivity index (χ0) is 12.1. The minimum absolute atomic E-state index is 0.148. The van der Waals surface area contributed by atoms with Crippen LogP contribution in [-0.2, 0) is 9.53 Å². The topological polar surface area (TPSA) is 72.5 Å². The van der Waals surface area contributed by atoms with Gasteiger partial charge in [0.05, 0.1) is 6.61 Å². The molecule has 1 atom stereocenters. The average molecular weight is 306 g/mol. The Kier molecular flexibility index (Phi) is 5.11. The van der Waals surface area contributed by atoms with Crippen molar-refractivity contribution in [1.29, 1.82) is 0 Å². The number of nitrogen functional groups attached to an aromatic ring is 1. The predicted octanol–water partition coefficient (Wildman–Crippen LogP) is 2.22. The number of carbonyl (C=O) groups is 1. The lowest BCUT2D eigenvalue weighted by molar-refractivity contribution is -0.137. The van der Waals surface area contributed by atoms with Gasteiger partial charge in [-0.25, -0.2) is 0 Å². The average Bonchev–Trinajstić information content (AvgIpc) is 2.20. The Labute approximate surface area is 106 Å². The lowest BCUT2D eigenvalue weighted by atomic mass is 10.3. The van der Waals surface area contributed by atoms with Crippen molar-refractivity contribution in [3.8, 4) is 0 Å². The highest BCUT2D eigenvalue weighted by atomic mass is 79.9. The molecule has 88 valence electrons. The van der Waals surface area contributed by atoms with Gasteiger partial charge in [-0.1, -0.05) is 15.9 Å². The highest BCUT2D eigenvalue weighted by molar-refractivity contribution is 9.10. The van der Waals surface area contributed by atoms with Crippen LogP contribution >= 0.6 is 27.7 Å². The maximum Gasteiger partial charge on any atom is 0.319 e. The first-order valence-electron chi connectivity index (χ1n) is 4.48. The van der Waals surface area contributed by atoms with Crippen molar-refractivity contribution in [1.82, 2.24) is 0 Å². The second kappa shape index (κ2) is 6.12. The number of thioether (sulfide) groups is 1. The highest BCUT2D eigenvalue weighted by Gasteiger charge is 2.19. The summed E-state index contributed by atoms with van der Waals surface area (Å²) in [6.45, 7) is 0.148. The van der Waals surface area contributed by atoms with E-state index in [1.165, 1.54) is 18.9 Å². The highest BCUT2D eigenvalue weighted by Crippen LogP contribution is 2.31. The number of methoxy groups -OCH3 is 1. The molecule has 0 saturated heterocycles. The van der Waals surface area contributed by atoms with Crippen molar-refractivity contribution in [3.05, 3.63) is 22.7 Å². The van der Waals surface area contributed by atoms with E-state index in [0.29, 0.717) is 5.69 Å². The van der Waals surface area contributed by atoms with E-state index in [4.69, 9.17) is 15.6 Å². The van der Waals surface area contributed by atoms with E-state index in [2.05, 4.69) is 15.9 Å². The molecular formula is C10H12BrNO3S. The van der Waals surface area contributed by atoms with Crippen LogP contribution in [0.15, 0.2) is 27.6 Å². The summed E-state index contributed by atoms with van der Waals surface area (Å²) in [6.07, 6.45) is 0. The van der Waals surface area contributed by atoms with Crippen molar-refractivity contribution < 1.29 is 14.6 Å². The van der Waals surface area contributed by atoms with Crippen LogP contribution in [0.2, 0.25) is 0 Å². The number of aliphatic carboxylic acids is 1. The van der Waals surface area contributed by atoms with Crippen LogP contribution in [0.3, 0.4) is 0 Å². The first-order valence-corrected chi connectivity index (χ1v) is 6.15. The fraction of sp³-hybridized carbons (Fsp3) is 0.300. The molecule has 0 fully saturated rings. The zero-order valence-corrected chi connectivity index (χ0v) is 11.0. The molecule has 0 aliphatic carbocycles. The van der Waals surface area contributed by atoms with E-state index in [1.54, 1.807) is 12.1 Å². The maximum atomic E-state index is 10.9. The SMILES string of the molecule is COCC(Sc1ccc(Br)cc1N)C(=O)O. The first kappa shape index (κ1) is 13.3. The van der Waals surface area contributed by atoms with Gasteiger partial charge in [-0.2, -0.15) is 0 Å². The van der Waals surface area contributed by atoms with Gasteiger partial charge in [-0.05, 0) is 18.2 Å². The summed E-state index contributed by atoms with van der Waals surface area (Å²) in [5.74, 6) is -0.908. The fourth-order valence-corrected chi connectivity index (χ4v) is 2.42. The molecule has 6 heteroatoms. The van der Waals surface area contributed by atoms with Gasteiger partial charge in [0.1, 0.15) is 5.25 Å². The zero-order valence-electron chi connectivity index (χ0n) is 8.64. The molecule has 0 bridgehead atoms. The summed E-state index contributed by atoms with van der Waals surface area (Å²) >= 11 is 4.48. The maximum absolute atomic E-state index is 10.9. The second-order valence-corrected chi connectivity index (χ2v) is 5.24. The molecule has 1 aromatic carbocycles. The van der Waals surface area contributed by atoms with Gasteiger partial charge in [0.25, 0.3) is 0 Å². The van der Waals surface area contributed by atoms with E-state index in [1.807, 2.05) is 6.07 Å². The molecule has 0 aromatic heterocycles. The van der Waals surface area contributed by atoms with Gasteiger partial charge in [-0.3, -0.25) is 4.79 Å². The molecule has 16 heavy (non-hydrogen) atoms. The molecule has 3 N–H and O–H groups in total. The number of benzene rings is 1. The van der Waals surface area contributed by atoms with Crippen molar-refractivity contribution in [3.63, 3.8) is 0 Å². The molecule has 1 unspecified atom stereocenters. The largest absolute Gasteiger partial charge is 0.480 e. The molecule has 0 saturated carbocycles. The lowest BCUT2D eigenvalue weighted by Gasteiger charge is -2.12. The standard InChI is InChI=1S/C10H12BrNO3S/c1-15-5-9(10(13)14)16-8-3-2-6(11)4-7(8)12/h2-4,9H,5,12H2,1H3,(H,13,14). The fourth-order valence-electron chi connectivity index (χ4n) is 1.09. The lowest BCUT2D eigenvalue weighted by Crippen LogP contribution is -2.21. The Morgan fingerprint density at radius 2 is 2.38 bits per heavy atom. The Morgan fingerprint density at radius 1 is 1.69 bits per heavy atom. The molecule has 0 spiro atoms. The number of halogens is 1. The first-order chi connectivity index (χ1) is 7.54. The van der Waals surface area contributed by atoms with Crippen LogP contribution < -0.4 is 5.73 Å². The molecule has 0 radical (unpaired) electrons. The Morgan fingerprint density at radius 3 is 2.88 bits per heavy atom. The summed E-state index contributed by atoms with van der Waals surface area (Å²) in [6, 6.07) is 5.36. The molecule has 0 amide bonds. The number of carboxylic acid groups (broad SMARTS) is 1. The molecule has 0 aliphatic rings. The third kappa shape index (κ3) is 3.70. The number of rotatable bonds is 5. The minimum Gasteiger partial charge on any atom is -0.480 e. The van der Waals surface area contributed by atoms with Gasteiger partial charge >= 0.3 is 5.97 Å². The summed E-state index contributed by atoms with van der Waals surface area (Å²) in [7, 11) is 1.47. The van der Waals surface area contributed by atoms with Gasteiger partial charge in [-0.15, -0.1) is 11.8 Å². The third-order valence-electron chi connectivity index (χ3n) is 1.83. The monoisotopic (exact) mass is 305 g/mol. The summed E-state index contributed by atoms with van der Waals surface area (Å²) in [5, 5.41) is 8.32. The van der Waals surface area contributed by atoms with E-state index in [0.717, 1.165) is 9.37 Å². The van der Waals surface area contributed by atoms with Gasteiger partial charge in [0, 0.05) is 22.2 Å². The predicted molar refractivity (Wildman–Crippen MR) is 67.7 cm³/mol. The smallest absolute Gasteiger partial charge is 0.319 e. The molecular weight excluding hydrogens is 294 g/mol. The number of nitrogens with two attached hydrogens (primary N) is 1. The summed E-state index contributed by atoms with van der Waals surface area (Å²) in [5.41, 5.74) is 6.34. The number of hydrogen-bond donors (Lipinski definition) is 2. The van der Waals surface area contributed by atoms with E-state index >= 15 is 0 Å². The summed E-state index contributed by atoms with van der Waals surface area (Å²) < 4.78 is 5.72. The van der Waals surface area contributed by atoms with Crippen molar-refractivity contribution in [2.75, 3.05) is 19.5 Å². The van der Waals surface area contributed by atoms with Crippen LogP contribution in [0, 0.1) is 0 Å². The van der Waals surface area contributed by atoms with Crippen LogP contribution in [0.5, 0.6) is 0 Å². The number of carboxylic acids is 1. The second-order valence-electron chi connectivity index (χ2n) is 3.08. The van der Waals surface area contributed by atoms with E-state index in [-0.39, 0.29) is 6.61 Å². The Hall–Kier alpha value is -0.720. The molecule has 0 aliphatic heterocycles. The van der Waals surface area contributed by atoms with E-state index < -0.39 is 11.2 Å². The third-order valence-corrected chi connectivity index (χ3v) is 3.58. The van der Waals surface area contributed by atoms with Crippen molar-refractivity contribution >= 4 is 39.3 Å². The normalized spacial score (nSPS) is 12.4. The van der Waals surface area contributed by atoms with Gasteiger partial charge < -0.3 is 15.6 Å². The van der Waals surface area contributed by atoms with Crippen LogP contribution in [-0.4, -0.2) is 30.0 Å². The number of anilines is 1. The molecule has 1 aromatic rings. The summed E-state index contributed by atoms with van der Waals surface area (Å²) in [4.78, 5) is 11.7. The number of hydrogen-bond acceptors (Lipinski definition) is 4. The quantitative estimate of drug-likeness (QED) is 0.644. The van der Waals surface area contributed by atoms with Crippen molar-refractivity contribution in [2.45, 2.75) is 10.1 Å². The molecule has 4 nitrogen and oxygen atoms in total. The van der Waals surface area contributed by atoms with Gasteiger partial charge in [0.15, 0.2) is 0 Å². The van der Waals surface area contributed by atoms with Gasteiger partial charge in [0.2, 0.25) is 0 Å². The molecule has 0 heterocycles. The number of ether oxygens (including phenoxy) is 1. The Balaban J connectivity index is 2.81. The molecule has 1 rings (SSSR count). The van der Waals surface area contributed by atoms with Crippen LogP contribution in [0.25, 0.3) is 0 Å². The van der Waals surface area contributed by atoms with Crippen LogP contribution in [0.1, 0.15) is 0 Å². The van der Waals surface area contributed by atoms with Crippen molar-refractivity contribution in [2.24, 2.45) is 0 Å².